The second kappa shape index (κ2) is 6.78. The first-order chi connectivity index (χ1) is 11.1. The zero-order chi connectivity index (χ0) is 16.2. The monoisotopic (exact) mass is 333 g/mol. The van der Waals surface area contributed by atoms with Gasteiger partial charge in [-0.05, 0) is 42.1 Å². The zero-order valence-electron chi connectivity index (χ0n) is 12.3. The number of nitrogens with zero attached hydrogens (tertiary/aromatic N) is 1. The summed E-state index contributed by atoms with van der Waals surface area (Å²) in [6.07, 6.45) is 0.716. The minimum Gasteiger partial charge on any atom is -0.336 e. The molecule has 7 heteroatoms. The maximum atomic E-state index is 12.8. The normalized spacial score (nSPS) is 17.1. The molecule has 23 heavy (non-hydrogen) atoms. The highest BCUT2D eigenvalue weighted by molar-refractivity contribution is 7.12. The van der Waals surface area contributed by atoms with Crippen LogP contribution in [0.3, 0.4) is 0 Å². The van der Waals surface area contributed by atoms with Crippen molar-refractivity contribution in [3.05, 3.63) is 52.5 Å². The minimum atomic E-state index is -0.355. The molecule has 2 heterocycles. The third kappa shape index (κ3) is 3.87. The second-order valence-corrected chi connectivity index (χ2v) is 6.27. The van der Waals surface area contributed by atoms with E-state index < -0.39 is 0 Å². The van der Waals surface area contributed by atoms with Gasteiger partial charge in [0.15, 0.2) is 0 Å². The van der Waals surface area contributed by atoms with Crippen LogP contribution in [-0.2, 0) is 0 Å². The maximum Gasteiger partial charge on any atom is 0.319 e. The summed E-state index contributed by atoms with van der Waals surface area (Å²) in [5.41, 5.74) is 0.522. The number of nitrogens with one attached hydrogen (secondary N) is 2. The number of halogens is 1. The molecule has 1 atom stereocenters. The van der Waals surface area contributed by atoms with Gasteiger partial charge in [0.05, 0.1) is 4.88 Å². The Morgan fingerprint density at radius 1 is 1.22 bits per heavy atom. The van der Waals surface area contributed by atoms with Gasteiger partial charge in [-0.15, -0.1) is 11.3 Å². The van der Waals surface area contributed by atoms with Crippen LogP contribution in [0.1, 0.15) is 16.1 Å². The zero-order valence-corrected chi connectivity index (χ0v) is 13.1. The topological polar surface area (TPSA) is 61.4 Å². The fraction of sp³-hybridized carbons (Fsp3) is 0.250. The standard InChI is InChI=1S/C16H16FN3O2S/c17-11-3-5-12(6-4-11)18-16(22)19-13-7-8-20(10-13)15(21)14-2-1-9-23-14/h1-6,9,13H,7-8,10H2,(H2,18,19,22). The molecule has 1 aromatic carbocycles. The Balaban J connectivity index is 1.50. The Bertz CT molecular complexity index is 688. The fourth-order valence-corrected chi connectivity index (χ4v) is 3.20. The van der Waals surface area contributed by atoms with Crippen molar-refractivity contribution in [2.75, 3.05) is 18.4 Å². The van der Waals surface area contributed by atoms with E-state index in [-0.39, 0.29) is 23.8 Å². The first-order valence-corrected chi connectivity index (χ1v) is 8.15. The van der Waals surface area contributed by atoms with Crippen LogP contribution in [0, 0.1) is 5.82 Å². The Hall–Kier alpha value is -2.41. The van der Waals surface area contributed by atoms with Gasteiger partial charge in [0.25, 0.3) is 5.91 Å². The van der Waals surface area contributed by atoms with Crippen LogP contribution < -0.4 is 10.6 Å². The molecule has 3 rings (SSSR count). The predicted octanol–water partition coefficient (Wildman–Crippen LogP) is 2.92. The van der Waals surface area contributed by atoms with Gasteiger partial charge in [0.2, 0.25) is 0 Å². The first-order valence-electron chi connectivity index (χ1n) is 7.27. The number of rotatable bonds is 3. The Morgan fingerprint density at radius 2 is 2.00 bits per heavy atom. The highest BCUT2D eigenvalue weighted by atomic mass is 32.1. The van der Waals surface area contributed by atoms with Crippen molar-refractivity contribution < 1.29 is 14.0 Å². The molecule has 2 aromatic rings. The number of urea groups is 1. The number of amides is 3. The smallest absolute Gasteiger partial charge is 0.319 e. The largest absolute Gasteiger partial charge is 0.336 e. The quantitative estimate of drug-likeness (QED) is 0.907. The van der Waals surface area contributed by atoms with E-state index in [1.807, 2.05) is 11.4 Å². The molecule has 120 valence electrons. The molecule has 1 saturated heterocycles. The molecule has 0 aliphatic carbocycles. The second-order valence-electron chi connectivity index (χ2n) is 5.32. The van der Waals surface area contributed by atoms with Crippen molar-refractivity contribution in [2.24, 2.45) is 0 Å². The van der Waals surface area contributed by atoms with Crippen molar-refractivity contribution in [1.82, 2.24) is 10.2 Å². The van der Waals surface area contributed by atoms with Crippen LogP contribution in [0.5, 0.6) is 0 Å². The summed E-state index contributed by atoms with van der Waals surface area (Å²) in [4.78, 5) is 26.6. The van der Waals surface area contributed by atoms with Crippen molar-refractivity contribution in [3.8, 4) is 0 Å². The molecule has 3 amide bonds. The molecule has 0 spiro atoms. The lowest BCUT2D eigenvalue weighted by atomic mass is 10.3. The Labute approximate surface area is 137 Å². The number of benzene rings is 1. The Morgan fingerprint density at radius 3 is 2.70 bits per heavy atom. The molecule has 1 aromatic heterocycles. The lowest BCUT2D eigenvalue weighted by Crippen LogP contribution is -2.40. The molecule has 0 bridgehead atoms. The molecule has 1 aliphatic rings. The van der Waals surface area contributed by atoms with E-state index in [1.165, 1.54) is 35.6 Å². The van der Waals surface area contributed by atoms with E-state index in [4.69, 9.17) is 0 Å². The number of likely N-dealkylation sites (tertiary alicyclic amines) is 1. The van der Waals surface area contributed by atoms with Gasteiger partial charge in [-0.2, -0.15) is 0 Å². The molecule has 0 saturated carbocycles. The molecule has 1 unspecified atom stereocenters. The van der Waals surface area contributed by atoms with Gasteiger partial charge in [-0.25, -0.2) is 9.18 Å². The summed E-state index contributed by atoms with van der Waals surface area (Å²) in [5.74, 6) is -0.349. The van der Waals surface area contributed by atoms with E-state index >= 15 is 0 Å². The van der Waals surface area contributed by atoms with Crippen molar-refractivity contribution in [2.45, 2.75) is 12.5 Å². The highest BCUT2D eigenvalue weighted by Crippen LogP contribution is 2.17. The van der Waals surface area contributed by atoms with Crippen LogP contribution in [-0.4, -0.2) is 36.0 Å². The van der Waals surface area contributed by atoms with Crippen molar-refractivity contribution in [1.29, 1.82) is 0 Å². The maximum absolute atomic E-state index is 12.8. The van der Waals surface area contributed by atoms with Gasteiger partial charge < -0.3 is 15.5 Å². The summed E-state index contributed by atoms with van der Waals surface area (Å²) < 4.78 is 12.8. The van der Waals surface area contributed by atoms with Crippen LogP contribution in [0.15, 0.2) is 41.8 Å². The van der Waals surface area contributed by atoms with Crippen molar-refractivity contribution in [3.63, 3.8) is 0 Å². The number of carbonyl (C=O) groups excluding carboxylic acids is 2. The van der Waals surface area contributed by atoms with Gasteiger partial charge >= 0.3 is 6.03 Å². The van der Waals surface area contributed by atoms with E-state index in [0.717, 1.165) is 0 Å². The van der Waals surface area contributed by atoms with E-state index in [0.29, 0.717) is 30.1 Å². The number of thiophene rings is 1. The lowest BCUT2D eigenvalue weighted by molar-refractivity contribution is 0.0794. The number of carbonyl (C=O) groups is 2. The molecular formula is C16H16FN3O2S. The lowest BCUT2D eigenvalue weighted by Gasteiger charge is -2.16. The first kappa shape index (κ1) is 15.5. The summed E-state index contributed by atoms with van der Waals surface area (Å²) >= 11 is 1.41. The summed E-state index contributed by atoms with van der Waals surface area (Å²) in [7, 11) is 0. The average molecular weight is 333 g/mol. The number of hydrogen-bond donors (Lipinski definition) is 2. The third-order valence-corrected chi connectivity index (χ3v) is 4.50. The number of hydrogen-bond acceptors (Lipinski definition) is 3. The average Bonchev–Trinajstić information content (AvgIpc) is 3.20. The molecule has 1 fully saturated rings. The van der Waals surface area contributed by atoms with Gasteiger partial charge in [-0.3, -0.25) is 4.79 Å². The van der Waals surface area contributed by atoms with Crippen LogP contribution in [0.4, 0.5) is 14.9 Å². The summed E-state index contributed by atoms with van der Waals surface area (Å²) in [5, 5.41) is 7.36. The van der Waals surface area contributed by atoms with E-state index in [1.54, 1.807) is 11.0 Å². The van der Waals surface area contributed by atoms with Gasteiger partial charge in [-0.1, -0.05) is 6.07 Å². The predicted molar refractivity (Wildman–Crippen MR) is 87.2 cm³/mol. The minimum absolute atomic E-state index is 0.00300. The van der Waals surface area contributed by atoms with Gasteiger partial charge in [0, 0.05) is 24.8 Å². The van der Waals surface area contributed by atoms with Crippen LogP contribution >= 0.6 is 11.3 Å². The Kier molecular flexibility index (Phi) is 4.57. The number of anilines is 1. The molecule has 2 N–H and O–H groups in total. The third-order valence-electron chi connectivity index (χ3n) is 3.64. The molecular weight excluding hydrogens is 317 g/mol. The fourth-order valence-electron chi connectivity index (χ4n) is 2.50. The SMILES string of the molecule is O=C(Nc1ccc(F)cc1)NC1CCN(C(=O)c2cccs2)C1. The van der Waals surface area contributed by atoms with Gasteiger partial charge in [0.1, 0.15) is 5.82 Å². The molecule has 1 aliphatic heterocycles. The highest BCUT2D eigenvalue weighted by Gasteiger charge is 2.28. The molecule has 0 radical (unpaired) electrons. The van der Waals surface area contributed by atoms with Crippen LogP contribution in [0.25, 0.3) is 0 Å². The molecule has 5 nitrogen and oxygen atoms in total. The van der Waals surface area contributed by atoms with E-state index in [9.17, 15) is 14.0 Å². The van der Waals surface area contributed by atoms with Crippen LogP contribution in [0.2, 0.25) is 0 Å². The summed E-state index contributed by atoms with van der Waals surface area (Å²) in [6.45, 7) is 1.12. The summed E-state index contributed by atoms with van der Waals surface area (Å²) in [6, 6.07) is 8.77. The van der Waals surface area contributed by atoms with Crippen molar-refractivity contribution >= 4 is 29.0 Å². The van der Waals surface area contributed by atoms with E-state index in [2.05, 4.69) is 10.6 Å².